The molecule has 0 aliphatic carbocycles. The molecule has 2 N–H and O–H groups in total. The average Bonchev–Trinajstić information content (AvgIpc) is 2.64. The van der Waals surface area contributed by atoms with E-state index in [9.17, 15) is 9.59 Å². The summed E-state index contributed by atoms with van der Waals surface area (Å²) in [5.41, 5.74) is 2.65. The number of aryl methyl sites for hydroxylation is 1. The summed E-state index contributed by atoms with van der Waals surface area (Å²) in [6, 6.07) is 17.1. The van der Waals surface area contributed by atoms with Crippen LogP contribution in [0.25, 0.3) is 0 Å². The maximum atomic E-state index is 12.8. The molecule has 0 radical (unpaired) electrons. The van der Waals surface area contributed by atoms with E-state index in [2.05, 4.69) is 10.6 Å². The zero-order valence-electron chi connectivity index (χ0n) is 15.5. The van der Waals surface area contributed by atoms with Crippen LogP contribution in [0.15, 0.2) is 54.6 Å². The lowest BCUT2D eigenvalue weighted by Crippen LogP contribution is -2.37. The molecule has 0 heterocycles. The minimum absolute atomic E-state index is 0.0584. The van der Waals surface area contributed by atoms with Gasteiger partial charge in [0.15, 0.2) is 0 Å². The van der Waals surface area contributed by atoms with Crippen molar-refractivity contribution in [1.82, 2.24) is 5.32 Å². The molecule has 26 heavy (non-hydrogen) atoms. The first kappa shape index (κ1) is 19.5. The Morgan fingerprint density at radius 3 is 2.38 bits per heavy atom. The van der Waals surface area contributed by atoms with Gasteiger partial charge in [-0.25, -0.2) is 4.79 Å². The minimum atomic E-state index is -0.176. The summed E-state index contributed by atoms with van der Waals surface area (Å²) in [4.78, 5) is 26.1. The third-order valence-corrected chi connectivity index (χ3v) is 4.06. The van der Waals surface area contributed by atoms with E-state index in [4.69, 9.17) is 0 Å². The molecule has 5 heteroatoms. The minimum Gasteiger partial charge on any atom is -0.356 e. The molecule has 0 aliphatic heterocycles. The fraction of sp³-hybridized carbons (Fsp3) is 0.333. The molecule has 0 saturated heterocycles. The smallest absolute Gasteiger partial charge is 0.326 e. The Hall–Kier alpha value is -2.82. The number of para-hydroxylation sites is 2. The summed E-state index contributed by atoms with van der Waals surface area (Å²) in [5, 5.41) is 5.87. The van der Waals surface area contributed by atoms with Gasteiger partial charge >= 0.3 is 6.03 Å². The van der Waals surface area contributed by atoms with Gasteiger partial charge in [0.1, 0.15) is 0 Å². The first-order valence-electron chi connectivity index (χ1n) is 9.07. The Kier molecular flexibility index (Phi) is 7.68. The number of carbonyl (C=O) groups excluding carboxylic acids is 2. The molecule has 0 atom stereocenters. The van der Waals surface area contributed by atoms with Crippen LogP contribution in [-0.2, 0) is 4.79 Å². The van der Waals surface area contributed by atoms with Crippen LogP contribution in [0.3, 0.4) is 0 Å². The van der Waals surface area contributed by atoms with Gasteiger partial charge in [0, 0.05) is 30.9 Å². The molecule has 2 aromatic rings. The van der Waals surface area contributed by atoms with Crippen molar-refractivity contribution in [2.75, 3.05) is 23.3 Å². The van der Waals surface area contributed by atoms with E-state index in [-0.39, 0.29) is 11.9 Å². The van der Waals surface area contributed by atoms with Crippen LogP contribution in [-0.4, -0.2) is 25.0 Å². The number of amides is 3. The molecule has 2 aromatic carbocycles. The largest absolute Gasteiger partial charge is 0.356 e. The predicted octanol–water partition coefficient (Wildman–Crippen LogP) is 4.34. The van der Waals surface area contributed by atoms with Crippen molar-refractivity contribution < 1.29 is 9.59 Å². The second kappa shape index (κ2) is 10.2. The predicted molar refractivity (Wildman–Crippen MR) is 107 cm³/mol. The Morgan fingerprint density at radius 1 is 1.00 bits per heavy atom. The molecule has 2 rings (SSSR count). The summed E-state index contributed by atoms with van der Waals surface area (Å²) in [7, 11) is 0. The number of nitrogens with zero attached hydrogens (tertiary/aromatic N) is 1. The van der Waals surface area contributed by atoms with Crippen LogP contribution in [0.2, 0.25) is 0 Å². The van der Waals surface area contributed by atoms with E-state index in [1.54, 1.807) is 4.90 Å². The highest BCUT2D eigenvalue weighted by Crippen LogP contribution is 2.18. The van der Waals surface area contributed by atoms with Gasteiger partial charge in [-0.05, 0) is 43.5 Å². The molecular formula is C21H27N3O2. The maximum absolute atomic E-state index is 12.8. The van der Waals surface area contributed by atoms with Crippen LogP contribution in [0.5, 0.6) is 0 Å². The summed E-state index contributed by atoms with van der Waals surface area (Å²) >= 11 is 0. The van der Waals surface area contributed by atoms with E-state index in [0.29, 0.717) is 25.9 Å². The second-order valence-electron chi connectivity index (χ2n) is 6.19. The Balaban J connectivity index is 2.01. The molecule has 0 unspecified atom stereocenters. The van der Waals surface area contributed by atoms with E-state index in [1.165, 1.54) is 0 Å². The van der Waals surface area contributed by atoms with E-state index in [0.717, 1.165) is 23.4 Å². The molecule has 5 nitrogen and oxygen atoms in total. The average molecular weight is 353 g/mol. The van der Waals surface area contributed by atoms with E-state index in [1.807, 2.05) is 68.4 Å². The molecule has 0 saturated carbocycles. The van der Waals surface area contributed by atoms with Crippen LogP contribution < -0.4 is 15.5 Å². The highest BCUT2D eigenvalue weighted by molar-refractivity contribution is 6.02. The normalized spacial score (nSPS) is 10.2. The summed E-state index contributed by atoms with van der Waals surface area (Å²) < 4.78 is 0. The molecule has 0 bridgehead atoms. The number of hydrogen-bond acceptors (Lipinski definition) is 2. The number of rotatable bonds is 8. The highest BCUT2D eigenvalue weighted by atomic mass is 16.2. The zero-order chi connectivity index (χ0) is 18.8. The number of urea groups is 1. The van der Waals surface area contributed by atoms with Crippen molar-refractivity contribution in [3.63, 3.8) is 0 Å². The van der Waals surface area contributed by atoms with E-state index >= 15 is 0 Å². The molecule has 138 valence electrons. The van der Waals surface area contributed by atoms with Crippen molar-refractivity contribution in [2.24, 2.45) is 0 Å². The van der Waals surface area contributed by atoms with Crippen LogP contribution in [0.1, 0.15) is 31.7 Å². The molecular weight excluding hydrogens is 326 g/mol. The highest BCUT2D eigenvalue weighted by Gasteiger charge is 2.16. The lowest BCUT2D eigenvalue weighted by Gasteiger charge is -2.24. The van der Waals surface area contributed by atoms with Gasteiger partial charge in [0.2, 0.25) is 5.91 Å². The number of benzene rings is 2. The molecule has 0 aliphatic rings. The van der Waals surface area contributed by atoms with Crippen molar-refractivity contribution in [1.29, 1.82) is 0 Å². The van der Waals surface area contributed by atoms with Crippen molar-refractivity contribution in [2.45, 2.75) is 33.1 Å². The number of carbonyl (C=O) groups is 2. The topological polar surface area (TPSA) is 61.4 Å². The Labute approximate surface area is 155 Å². The number of anilines is 2. The lowest BCUT2D eigenvalue weighted by atomic mass is 10.2. The van der Waals surface area contributed by atoms with Crippen molar-refractivity contribution in [3.8, 4) is 0 Å². The maximum Gasteiger partial charge on any atom is 0.326 e. The summed E-state index contributed by atoms with van der Waals surface area (Å²) in [6.07, 6.45) is 2.06. The van der Waals surface area contributed by atoms with Crippen LogP contribution in [0.4, 0.5) is 16.2 Å². The van der Waals surface area contributed by atoms with Gasteiger partial charge in [0.25, 0.3) is 0 Å². The van der Waals surface area contributed by atoms with Gasteiger partial charge in [-0.2, -0.15) is 0 Å². The van der Waals surface area contributed by atoms with E-state index < -0.39 is 0 Å². The molecule has 3 amide bonds. The van der Waals surface area contributed by atoms with Crippen LogP contribution in [0, 0.1) is 6.92 Å². The van der Waals surface area contributed by atoms with Gasteiger partial charge in [0.05, 0.1) is 0 Å². The monoisotopic (exact) mass is 353 g/mol. The molecule has 0 aromatic heterocycles. The third kappa shape index (κ3) is 5.92. The first-order valence-corrected chi connectivity index (χ1v) is 9.07. The Bertz CT molecular complexity index is 716. The van der Waals surface area contributed by atoms with Gasteiger partial charge in [-0.1, -0.05) is 43.3 Å². The third-order valence-electron chi connectivity index (χ3n) is 4.06. The fourth-order valence-electron chi connectivity index (χ4n) is 2.63. The van der Waals surface area contributed by atoms with Gasteiger partial charge in [-0.15, -0.1) is 0 Å². The van der Waals surface area contributed by atoms with Gasteiger partial charge in [-0.3, -0.25) is 9.69 Å². The SMILES string of the molecule is CCCC(=O)NCCCN(C(=O)Nc1ccccc1C)c1ccccc1. The number of hydrogen-bond donors (Lipinski definition) is 2. The van der Waals surface area contributed by atoms with Gasteiger partial charge < -0.3 is 10.6 Å². The van der Waals surface area contributed by atoms with Crippen molar-refractivity contribution in [3.05, 3.63) is 60.2 Å². The Morgan fingerprint density at radius 2 is 1.69 bits per heavy atom. The second-order valence-corrected chi connectivity index (χ2v) is 6.19. The van der Waals surface area contributed by atoms with Crippen LogP contribution >= 0.6 is 0 Å². The molecule has 0 fully saturated rings. The zero-order valence-corrected chi connectivity index (χ0v) is 15.5. The quantitative estimate of drug-likeness (QED) is 0.694. The lowest BCUT2D eigenvalue weighted by molar-refractivity contribution is -0.121. The fourth-order valence-corrected chi connectivity index (χ4v) is 2.63. The number of nitrogens with one attached hydrogen (secondary N) is 2. The van der Waals surface area contributed by atoms with Crippen molar-refractivity contribution >= 4 is 23.3 Å². The summed E-state index contributed by atoms with van der Waals surface area (Å²) in [5.74, 6) is 0.0584. The first-order chi connectivity index (χ1) is 12.6. The molecule has 0 spiro atoms. The summed E-state index contributed by atoms with van der Waals surface area (Å²) in [6.45, 7) is 5.02. The standard InChI is InChI=1S/C21H27N3O2/c1-3-10-20(25)22-15-9-16-24(18-12-5-4-6-13-18)21(26)23-19-14-8-7-11-17(19)2/h4-8,11-14H,3,9-10,15-16H2,1-2H3,(H,22,25)(H,23,26).